The summed E-state index contributed by atoms with van der Waals surface area (Å²) in [5, 5.41) is 0. The van der Waals surface area contributed by atoms with Gasteiger partial charge in [0, 0.05) is 25.7 Å². The smallest absolute Gasteiger partial charge is 0.191 e. The third-order valence-corrected chi connectivity index (χ3v) is 4.05. The van der Waals surface area contributed by atoms with Gasteiger partial charge in [-0.1, -0.05) is 13.8 Å². The third kappa shape index (κ3) is 6.79. The lowest BCUT2D eigenvalue weighted by Crippen LogP contribution is -2.44. The molecule has 2 unspecified atom stereocenters. The Labute approximate surface area is 135 Å². The Balaban J connectivity index is 0.00000324. The molecule has 0 aromatic carbocycles. The van der Waals surface area contributed by atoms with Crippen LogP contribution in [0.3, 0.4) is 0 Å². The summed E-state index contributed by atoms with van der Waals surface area (Å²) in [6.07, 6.45) is 3.74. The fraction of sp³-hybridized carbons (Fsp3) is 0.929. The van der Waals surface area contributed by atoms with Crippen LogP contribution < -0.4 is 5.73 Å². The van der Waals surface area contributed by atoms with E-state index in [0.29, 0.717) is 6.04 Å². The normalized spacial score (nSPS) is 22.3. The highest BCUT2D eigenvalue weighted by molar-refractivity contribution is 14.0. The van der Waals surface area contributed by atoms with Gasteiger partial charge in [-0.2, -0.15) is 0 Å². The van der Waals surface area contributed by atoms with Crippen LogP contribution in [0.15, 0.2) is 4.99 Å². The van der Waals surface area contributed by atoms with Crippen molar-refractivity contribution in [3.8, 4) is 0 Å². The molecule has 0 aromatic heterocycles. The van der Waals surface area contributed by atoms with Crippen molar-refractivity contribution in [3.63, 3.8) is 0 Å². The summed E-state index contributed by atoms with van der Waals surface area (Å²) >= 11 is 0. The second kappa shape index (κ2) is 9.80. The van der Waals surface area contributed by atoms with Crippen molar-refractivity contribution in [1.29, 1.82) is 0 Å². The second-order valence-electron chi connectivity index (χ2n) is 5.67. The van der Waals surface area contributed by atoms with Crippen LogP contribution >= 0.6 is 24.0 Å². The van der Waals surface area contributed by atoms with Crippen molar-refractivity contribution in [2.45, 2.75) is 46.1 Å². The molecule has 0 aromatic rings. The fourth-order valence-corrected chi connectivity index (χ4v) is 2.35. The van der Waals surface area contributed by atoms with Gasteiger partial charge in [-0.05, 0) is 39.2 Å². The van der Waals surface area contributed by atoms with Gasteiger partial charge in [0.15, 0.2) is 5.96 Å². The number of hydrogen-bond acceptors (Lipinski definition) is 2. The van der Waals surface area contributed by atoms with E-state index in [-0.39, 0.29) is 24.0 Å². The van der Waals surface area contributed by atoms with E-state index in [2.05, 4.69) is 42.6 Å². The zero-order chi connectivity index (χ0) is 13.5. The highest BCUT2D eigenvalue weighted by Gasteiger charge is 2.17. The molecule has 114 valence electrons. The van der Waals surface area contributed by atoms with Crippen LogP contribution in [0.1, 0.15) is 40.0 Å². The van der Waals surface area contributed by atoms with Crippen LogP contribution in [0.2, 0.25) is 0 Å². The predicted molar refractivity (Wildman–Crippen MR) is 94.3 cm³/mol. The third-order valence-electron chi connectivity index (χ3n) is 4.05. The minimum Gasteiger partial charge on any atom is -0.370 e. The molecule has 0 bridgehead atoms. The van der Waals surface area contributed by atoms with Crippen LogP contribution in [0.4, 0.5) is 0 Å². The summed E-state index contributed by atoms with van der Waals surface area (Å²) in [7, 11) is 2.16. The largest absolute Gasteiger partial charge is 0.370 e. The molecule has 4 nitrogen and oxygen atoms in total. The first kappa shape index (κ1) is 19.0. The number of piperidine rings is 1. The van der Waals surface area contributed by atoms with Crippen molar-refractivity contribution in [2.75, 3.05) is 33.2 Å². The summed E-state index contributed by atoms with van der Waals surface area (Å²) in [5.41, 5.74) is 6.06. The average molecular weight is 382 g/mol. The quantitative estimate of drug-likeness (QED) is 0.451. The molecule has 0 spiro atoms. The van der Waals surface area contributed by atoms with E-state index in [0.717, 1.165) is 38.1 Å². The van der Waals surface area contributed by atoms with Crippen LogP contribution in [0.5, 0.6) is 0 Å². The average Bonchev–Trinajstić information content (AvgIpc) is 2.37. The number of likely N-dealkylation sites (tertiary alicyclic amines) is 1. The van der Waals surface area contributed by atoms with Gasteiger partial charge in [0.05, 0.1) is 6.54 Å². The number of likely N-dealkylation sites (N-methyl/N-ethyl adjacent to an activating group) is 1. The maximum atomic E-state index is 6.06. The van der Waals surface area contributed by atoms with Crippen molar-refractivity contribution < 1.29 is 0 Å². The minimum atomic E-state index is 0. The van der Waals surface area contributed by atoms with E-state index < -0.39 is 0 Å². The van der Waals surface area contributed by atoms with Gasteiger partial charge in [-0.15, -0.1) is 24.0 Å². The maximum absolute atomic E-state index is 6.06. The second-order valence-corrected chi connectivity index (χ2v) is 5.67. The number of nitrogens with zero attached hydrogens (tertiary/aromatic N) is 3. The summed E-state index contributed by atoms with van der Waals surface area (Å²) < 4.78 is 0. The van der Waals surface area contributed by atoms with E-state index in [1.165, 1.54) is 19.3 Å². The van der Waals surface area contributed by atoms with Crippen LogP contribution in [-0.4, -0.2) is 55.0 Å². The summed E-state index contributed by atoms with van der Waals surface area (Å²) in [6, 6.07) is 0.622. The minimum absolute atomic E-state index is 0. The molecule has 1 saturated heterocycles. The Hall–Kier alpha value is -0.0400. The van der Waals surface area contributed by atoms with E-state index in [4.69, 9.17) is 5.73 Å². The number of hydrogen-bond donors (Lipinski definition) is 1. The van der Waals surface area contributed by atoms with Gasteiger partial charge in [0.2, 0.25) is 0 Å². The molecular formula is C14H31IN4. The number of nitrogens with two attached hydrogens (primary N) is 1. The van der Waals surface area contributed by atoms with Crippen LogP contribution in [0.25, 0.3) is 0 Å². The summed E-state index contributed by atoms with van der Waals surface area (Å²) in [6.45, 7) is 10.7. The Morgan fingerprint density at radius 1 is 1.53 bits per heavy atom. The number of rotatable bonds is 5. The molecule has 2 N–H and O–H groups in total. The number of halogens is 1. The van der Waals surface area contributed by atoms with Crippen molar-refractivity contribution in [1.82, 2.24) is 9.80 Å². The standard InChI is InChI=1S/C14H30N4.HI/c1-5-13(3)17(4)10-8-16-14(15)18-9-6-7-12(2)11-18;/h12-13H,5-11H2,1-4H3,(H2,15,16);1H. The van der Waals surface area contributed by atoms with E-state index in [1.54, 1.807) is 0 Å². The summed E-state index contributed by atoms with van der Waals surface area (Å²) in [4.78, 5) is 9.09. The molecule has 1 aliphatic heterocycles. The van der Waals surface area contributed by atoms with Crippen molar-refractivity contribution in [2.24, 2.45) is 16.6 Å². The Morgan fingerprint density at radius 2 is 2.21 bits per heavy atom. The molecule has 2 atom stereocenters. The molecular weight excluding hydrogens is 351 g/mol. The van der Waals surface area contributed by atoms with Gasteiger partial charge in [0.1, 0.15) is 0 Å². The predicted octanol–water partition coefficient (Wildman–Crippen LogP) is 2.38. The monoisotopic (exact) mass is 382 g/mol. The SMILES string of the molecule is CCC(C)N(C)CCN=C(N)N1CCCC(C)C1.I. The van der Waals surface area contributed by atoms with Gasteiger partial charge >= 0.3 is 0 Å². The molecule has 1 heterocycles. The highest BCUT2D eigenvalue weighted by atomic mass is 127. The van der Waals surface area contributed by atoms with Gasteiger partial charge in [-0.3, -0.25) is 4.99 Å². The maximum Gasteiger partial charge on any atom is 0.191 e. The molecule has 1 aliphatic rings. The molecule has 0 saturated carbocycles. The molecule has 19 heavy (non-hydrogen) atoms. The number of aliphatic imine (C=N–C) groups is 1. The van der Waals surface area contributed by atoms with Crippen molar-refractivity contribution in [3.05, 3.63) is 0 Å². The lowest BCUT2D eigenvalue weighted by Gasteiger charge is -2.31. The topological polar surface area (TPSA) is 44.9 Å². The molecule has 5 heteroatoms. The van der Waals surface area contributed by atoms with Gasteiger partial charge in [-0.25, -0.2) is 0 Å². The van der Waals surface area contributed by atoms with E-state index in [1.807, 2.05) is 0 Å². The lowest BCUT2D eigenvalue weighted by molar-refractivity contribution is 0.255. The van der Waals surface area contributed by atoms with E-state index in [9.17, 15) is 0 Å². The van der Waals surface area contributed by atoms with Gasteiger partial charge < -0.3 is 15.5 Å². The molecule has 0 radical (unpaired) electrons. The van der Waals surface area contributed by atoms with Crippen LogP contribution in [0, 0.1) is 5.92 Å². The lowest BCUT2D eigenvalue weighted by atomic mass is 10.0. The molecule has 0 aliphatic carbocycles. The Morgan fingerprint density at radius 3 is 2.79 bits per heavy atom. The first-order chi connectivity index (χ1) is 8.54. The zero-order valence-electron chi connectivity index (χ0n) is 12.9. The molecule has 1 fully saturated rings. The Bertz CT molecular complexity index is 270. The molecule has 0 amide bonds. The van der Waals surface area contributed by atoms with Crippen LogP contribution in [-0.2, 0) is 0 Å². The fourth-order valence-electron chi connectivity index (χ4n) is 2.35. The van der Waals surface area contributed by atoms with Crippen molar-refractivity contribution >= 4 is 29.9 Å². The Kier molecular flexibility index (Phi) is 9.78. The van der Waals surface area contributed by atoms with E-state index >= 15 is 0 Å². The zero-order valence-corrected chi connectivity index (χ0v) is 15.3. The first-order valence-corrected chi connectivity index (χ1v) is 7.29. The highest BCUT2D eigenvalue weighted by Crippen LogP contribution is 2.14. The molecule has 1 rings (SSSR count). The number of guanidine groups is 1. The first-order valence-electron chi connectivity index (χ1n) is 7.29. The van der Waals surface area contributed by atoms with Gasteiger partial charge in [0.25, 0.3) is 0 Å². The summed E-state index contributed by atoms with van der Waals surface area (Å²) in [5.74, 6) is 1.48.